The Kier molecular flexibility index (Phi) is 4.73. The topological polar surface area (TPSA) is 29.5 Å². The van der Waals surface area contributed by atoms with E-state index in [1.54, 1.807) is 0 Å². The predicted octanol–water partition coefficient (Wildman–Crippen LogP) is 3.33. The molecule has 1 aliphatic rings. The Balaban J connectivity index is 2.62. The molecule has 17 heavy (non-hydrogen) atoms. The van der Waals surface area contributed by atoms with Crippen molar-refractivity contribution >= 4 is 5.78 Å². The maximum absolute atomic E-state index is 11.7. The Labute approximate surface area is 105 Å². The van der Waals surface area contributed by atoms with Crippen LogP contribution >= 0.6 is 0 Å². The summed E-state index contributed by atoms with van der Waals surface area (Å²) in [6.45, 7) is 11.3. The summed E-state index contributed by atoms with van der Waals surface area (Å²) in [7, 11) is 0. The highest BCUT2D eigenvalue weighted by Gasteiger charge is 2.45. The molecule has 3 nitrogen and oxygen atoms in total. The molecule has 0 saturated carbocycles. The van der Waals surface area contributed by atoms with Crippen LogP contribution in [0.3, 0.4) is 0 Å². The average molecular weight is 241 g/mol. The van der Waals surface area contributed by atoms with Crippen LogP contribution in [0, 0.1) is 0 Å². The van der Waals surface area contributed by atoms with Gasteiger partial charge in [-0.3, -0.25) is 9.63 Å². The first kappa shape index (κ1) is 14.7. The second kappa shape index (κ2) is 5.49. The van der Waals surface area contributed by atoms with E-state index in [1.807, 2.05) is 0 Å². The van der Waals surface area contributed by atoms with Crippen LogP contribution in [0.5, 0.6) is 0 Å². The normalized spacial score (nSPS) is 23.9. The first-order valence-corrected chi connectivity index (χ1v) is 6.74. The maximum Gasteiger partial charge on any atom is 0.136 e. The molecule has 0 amide bonds. The molecule has 0 bridgehead atoms. The van der Waals surface area contributed by atoms with Crippen LogP contribution in [0.2, 0.25) is 0 Å². The zero-order valence-corrected chi connectivity index (χ0v) is 12.0. The summed E-state index contributed by atoms with van der Waals surface area (Å²) < 4.78 is 0. The van der Waals surface area contributed by atoms with E-state index in [0.717, 1.165) is 13.0 Å². The van der Waals surface area contributed by atoms with Crippen molar-refractivity contribution in [3.8, 4) is 0 Å². The monoisotopic (exact) mass is 241 g/mol. The fourth-order valence-corrected chi connectivity index (χ4v) is 2.85. The molecule has 0 radical (unpaired) electrons. The van der Waals surface area contributed by atoms with Gasteiger partial charge in [-0.2, -0.15) is 5.06 Å². The van der Waals surface area contributed by atoms with Gasteiger partial charge in [0.25, 0.3) is 0 Å². The van der Waals surface area contributed by atoms with Crippen LogP contribution in [-0.2, 0) is 9.63 Å². The molecule has 0 spiro atoms. The number of ketones is 1. The molecule has 1 rings (SSSR count). The number of hydrogen-bond acceptors (Lipinski definition) is 3. The highest BCUT2D eigenvalue weighted by atomic mass is 16.7. The minimum absolute atomic E-state index is 0.189. The van der Waals surface area contributed by atoms with E-state index in [4.69, 9.17) is 4.84 Å². The minimum Gasteiger partial charge on any atom is -0.300 e. The van der Waals surface area contributed by atoms with Gasteiger partial charge in [0, 0.05) is 23.9 Å². The molecule has 0 aliphatic carbocycles. The Morgan fingerprint density at radius 3 is 2.12 bits per heavy atom. The number of rotatable bonds is 5. The Hall–Kier alpha value is -0.410. The van der Waals surface area contributed by atoms with E-state index in [-0.39, 0.29) is 11.1 Å². The van der Waals surface area contributed by atoms with Crippen LogP contribution in [0.1, 0.15) is 66.7 Å². The van der Waals surface area contributed by atoms with Gasteiger partial charge in [-0.15, -0.1) is 0 Å². The van der Waals surface area contributed by atoms with E-state index in [0.29, 0.717) is 18.6 Å². The molecule has 1 saturated heterocycles. The second-order valence-corrected chi connectivity index (χ2v) is 6.35. The summed E-state index contributed by atoms with van der Waals surface area (Å²) in [5, 5.41) is 2.05. The second-order valence-electron chi connectivity index (χ2n) is 6.35. The smallest absolute Gasteiger partial charge is 0.136 e. The van der Waals surface area contributed by atoms with Crippen LogP contribution in [0.15, 0.2) is 0 Å². The van der Waals surface area contributed by atoms with Crippen molar-refractivity contribution in [1.29, 1.82) is 0 Å². The average Bonchev–Trinajstić information content (AvgIpc) is 2.12. The molecule has 3 heteroatoms. The summed E-state index contributed by atoms with van der Waals surface area (Å²) in [5.74, 6) is 0.341. The number of carbonyl (C=O) groups excluding carboxylic acids is 1. The summed E-state index contributed by atoms with van der Waals surface area (Å²) in [5.41, 5.74) is -0.379. The highest BCUT2D eigenvalue weighted by molar-refractivity contribution is 5.81. The molecule has 0 aromatic heterocycles. The molecule has 100 valence electrons. The van der Waals surface area contributed by atoms with E-state index < -0.39 is 0 Å². The van der Waals surface area contributed by atoms with Crippen molar-refractivity contribution < 1.29 is 9.63 Å². The molecular weight excluding hydrogens is 214 g/mol. The molecule has 1 heterocycles. The number of carbonyl (C=O) groups is 1. The molecular formula is C14H27NO2. The van der Waals surface area contributed by atoms with Gasteiger partial charge < -0.3 is 0 Å². The van der Waals surface area contributed by atoms with Crippen LogP contribution in [0.25, 0.3) is 0 Å². The summed E-state index contributed by atoms with van der Waals surface area (Å²) in [4.78, 5) is 17.7. The lowest BCUT2D eigenvalue weighted by atomic mass is 9.81. The summed E-state index contributed by atoms with van der Waals surface area (Å²) >= 11 is 0. The molecule has 1 aliphatic heterocycles. The molecule has 0 aromatic rings. The zero-order chi connectivity index (χ0) is 13.1. The molecule has 0 atom stereocenters. The molecule has 1 fully saturated rings. The quantitative estimate of drug-likeness (QED) is 0.691. The maximum atomic E-state index is 11.7. The highest BCUT2D eigenvalue weighted by Crippen LogP contribution is 2.36. The molecule has 0 unspecified atom stereocenters. The van der Waals surface area contributed by atoms with Gasteiger partial charge in [-0.05, 0) is 34.1 Å². The molecule has 0 N–H and O–H groups in total. The van der Waals surface area contributed by atoms with E-state index in [1.165, 1.54) is 12.8 Å². The van der Waals surface area contributed by atoms with Crippen LogP contribution in [-0.4, -0.2) is 28.5 Å². The number of piperidine rings is 1. The minimum atomic E-state index is -0.189. The lowest BCUT2D eigenvalue weighted by molar-refractivity contribution is -0.275. The third-order valence-corrected chi connectivity index (χ3v) is 3.33. The van der Waals surface area contributed by atoms with Crippen LogP contribution < -0.4 is 0 Å². The number of Topliss-reactive ketones (excluding diaryl/α,β-unsaturated/α-hetero) is 1. The van der Waals surface area contributed by atoms with Crippen molar-refractivity contribution in [1.82, 2.24) is 5.06 Å². The first-order chi connectivity index (χ1) is 7.79. The van der Waals surface area contributed by atoms with Gasteiger partial charge in [0.15, 0.2) is 0 Å². The third-order valence-electron chi connectivity index (χ3n) is 3.33. The predicted molar refractivity (Wildman–Crippen MR) is 69.7 cm³/mol. The van der Waals surface area contributed by atoms with E-state index >= 15 is 0 Å². The fraction of sp³-hybridized carbons (Fsp3) is 0.929. The van der Waals surface area contributed by atoms with Gasteiger partial charge in [0.05, 0.1) is 6.61 Å². The number of hydroxylamine groups is 2. The van der Waals surface area contributed by atoms with Crippen molar-refractivity contribution in [2.45, 2.75) is 77.8 Å². The van der Waals surface area contributed by atoms with E-state index in [2.05, 4.69) is 39.7 Å². The van der Waals surface area contributed by atoms with Gasteiger partial charge in [-0.1, -0.05) is 19.8 Å². The number of hydrogen-bond donors (Lipinski definition) is 0. The Morgan fingerprint density at radius 2 is 1.65 bits per heavy atom. The number of nitrogens with zero attached hydrogens (tertiary/aromatic N) is 1. The van der Waals surface area contributed by atoms with Gasteiger partial charge in [0.2, 0.25) is 0 Å². The Morgan fingerprint density at radius 1 is 1.12 bits per heavy atom. The lowest BCUT2D eigenvalue weighted by Crippen LogP contribution is -2.60. The van der Waals surface area contributed by atoms with Gasteiger partial charge >= 0.3 is 0 Å². The lowest BCUT2D eigenvalue weighted by Gasteiger charge is -2.50. The van der Waals surface area contributed by atoms with Crippen molar-refractivity contribution in [3.05, 3.63) is 0 Å². The van der Waals surface area contributed by atoms with Gasteiger partial charge in [-0.25, -0.2) is 0 Å². The summed E-state index contributed by atoms with van der Waals surface area (Å²) in [6.07, 6.45) is 4.67. The molecule has 0 aromatic carbocycles. The Bertz CT molecular complexity index is 251. The van der Waals surface area contributed by atoms with Crippen molar-refractivity contribution in [2.24, 2.45) is 0 Å². The van der Waals surface area contributed by atoms with Crippen molar-refractivity contribution in [3.63, 3.8) is 0 Å². The van der Waals surface area contributed by atoms with Crippen LogP contribution in [0.4, 0.5) is 0 Å². The van der Waals surface area contributed by atoms with Gasteiger partial charge in [0.1, 0.15) is 5.78 Å². The summed E-state index contributed by atoms with van der Waals surface area (Å²) in [6, 6.07) is 0. The fourth-order valence-electron chi connectivity index (χ4n) is 2.85. The largest absolute Gasteiger partial charge is 0.300 e. The third kappa shape index (κ3) is 3.78. The standard InChI is InChI=1S/C14H27NO2/c1-6-7-8-9-17-15-13(2,3)10-12(16)11-14(15,4)5/h6-11H2,1-5H3. The zero-order valence-electron chi connectivity index (χ0n) is 12.0. The van der Waals surface area contributed by atoms with E-state index in [9.17, 15) is 4.79 Å². The van der Waals surface area contributed by atoms with Crippen molar-refractivity contribution in [2.75, 3.05) is 6.61 Å². The first-order valence-electron chi connectivity index (χ1n) is 6.74. The number of unbranched alkanes of at least 4 members (excludes halogenated alkanes) is 2. The SMILES string of the molecule is CCCCCON1C(C)(C)CC(=O)CC1(C)C.